The van der Waals surface area contributed by atoms with Gasteiger partial charge in [-0.3, -0.25) is 9.80 Å². The van der Waals surface area contributed by atoms with E-state index in [1.54, 1.807) is 0 Å². The van der Waals surface area contributed by atoms with Crippen LogP contribution in [-0.4, -0.2) is 47.1 Å². The first-order valence-corrected chi connectivity index (χ1v) is 5.51. The van der Waals surface area contributed by atoms with Crippen molar-refractivity contribution >= 4 is 0 Å². The molecule has 0 aromatic carbocycles. The summed E-state index contributed by atoms with van der Waals surface area (Å²) in [6.45, 7) is 13.3. The van der Waals surface area contributed by atoms with Crippen LogP contribution in [0.4, 0.5) is 0 Å². The second-order valence-electron chi connectivity index (χ2n) is 5.49. The molecule has 2 nitrogen and oxygen atoms in total. The third-order valence-corrected chi connectivity index (χ3v) is 3.51. The fourth-order valence-electron chi connectivity index (χ4n) is 3.43. The van der Waals surface area contributed by atoms with Gasteiger partial charge < -0.3 is 0 Å². The van der Waals surface area contributed by atoms with Gasteiger partial charge in [-0.1, -0.05) is 0 Å². The highest BCUT2D eigenvalue weighted by Crippen LogP contribution is 2.32. The van der Waals surface area contributed by atoms with Crippen LogP contribution in [0.25, 0.3) is 0 Å². The molecule has 2 fully saturated rings. The van der Waals surface area contributed by atoms with Gasteiger partial charge in [-0.05, 0) is 40.7 Å². The van der Waals surface area contributed by atoms with Crippen LogP contribution >= 0.6 is 0 Å². The molecule has 0 saturated carbocycles. The molecule has 0 aromatic rings. The van der Waals surface area contributed by atoms with E-state index >= 15 is 0 Å². The summed E-state index contributed by atoms with van der Waals surface area (Å²) in [6, 6.07) is 1.52. The third kappa shape index (κ3) is 1.50. The van der Waals surface area contributed by atoms with Gasteiger partial charge in [0, 0.05) is 30.7 Å². The molecule has 2 bridgehead atoms. The molecular weight excluding hydrogens is 160 g/mol. The van der Waals surface area contributed by atoms with E-state index < -0.39 is 0 Å². The molecule has 2 atom stereocenters. The minimum atomic E-state index is 0.383. The molecule has 2 heteroatoms. The van der Waals surface area contributed by atoms with Gasteiger partial charge >= 0.3 is 0 Å². The maximum atomic E-state index is 2.72. The smallest absolute Gasteiger partial charge is 0.0286 e. The lowest BCUT2D eigenvalue weighted by Gasteiger charge is -2.49. The van der Waals surface area contributed by atoms with E-state index in [0.717, 1.165) is 6.04 Å². The first-order chi connectivity index (χ1) is 6.00. The van der Waals surface area contributed by atoms with Crippen molar-refractivity contribution in [3.05, 3.63) is 0 Å². The lowest BCUT2D eigenvalue weighted by Crippen LogP contribution is -2.61. The number of hydrogen-bond acceptors (Lipinski definition) is 2. The van der Waals surface area contributed by atoms with Gasteiger partial charge in [-0.15, -0.1) is 0 Å². The Bertz CT molecular complexity index is 198. The average molecular weight is 182 g/mol. The van der Waals surface area contributed by atoms with E-state index in [1.807, 2.05) is 0 Å². The van der Waals surface area contributed by atoms with Crippen LogP contribution in [0.1, 0.15) is 34.1 Å². The zero-order chi connectivity index (χ0) is 9.64. The normalized spacial score (nSPS) is 38.5. The summed E-state index contributed by atoms with van der Waals surface area (Å²) in [5, 5.41) is 0. The van der Waals surface area contributed by atoms with Crippen molar-refractivity contribution in [1.82, 2.24) is 9.80 Å². The third-order valence-electron chi connectivity index (χ3n) is 3.51. The summed E-state index contributed by atoms with van der Waals surface area (Å²) in [4.78, 5) is 5.33. The van der Waals surface area contributed by atoms with Crippen LogP contribution in [0.15, 0.2) is 0 Å². The molecule has 0 aromatic heterocycles. The molecular formula is C11H22N2. The van der Waals surface area contributed by atoms with Gasteiger partial charge in [0.2, 0.25) is 0 Å². The molecule has 0 spiro atoms. The summed E-state index contributed by atoms with van der Waals surface area (Å²) < 4.78 is 0. The maximum Gasteiger partial charge on any atom is 0.0286 e. The minimum absolute atomic E-state index is 0.383. The number of nitrogens with zero attached hydrogens (tertiary/aromatic N) is 2. The molecule has 2 aliphatic heterocycles. The van der Waals surface area contributed by atoms with Crippen LogP contribution in [0.5, 0.6) is 0 Å². The molecule has 2 heterocycles. The molecule has 13 heavy (non-hydrogen) atoms. The van der Waals surface area contributed by atoms with Gasteiger partial charge in [0.05, 0.1) is 0 Å². The first-order valence-electron chi connectivity index (χ1n) is 5.51. The van der Waals surface area contributed by atoms with Gasteiger partial charge in [0.15, 0.2) is 0 Å². The van der Waals surface area contributed by atoms with Crippen LogP contribution in [0, 0.1) is 0 Å². The van der Waals surface area contributed by atoms with Gasteiger partial charge in [0.25, 0.3) is 0 Å². The van der Waals surface area contributed by atoms with E-state index in [4.69, 9.17) is 0 Å². The molecule has 2 saturated heterocycles. The SMILES string of the molecule is CC(C)N1C2CCN(C2)CC1(C)C. The zero-order valence-corrected chi connectivity index (χ0v) is 9.38. The van der Waals surface area contributed by atoms with Crippen LogP contribution < -0.4 is 0 Å². The van der Waals surface area contributed by atoms with E-state index in [1.165, 1.54) is 26.1 Å². The lowest BCUT2D eigenvalue weighted by atomic mass is 9.95. The Hall–Kier alpha value is -0.0800. The van der Waals surface area contributed by atoms with Crippen LogP contribution in [0.3, 0.4) is 0 Å². The van der Waals surface area contributed by atoms with Crippen LogP contribution in [0.2, 0.25) is 0 Å². The number of hydrogen-bond donors (Lipinski definition) is 0. The summed E-state index contributed by atoms with van der Waals surface area (Å²) in [6.07, 6.45) is 1.38. The Balaban J connectivity index is 2.21. The van der Waals surface area contributed by atoms with Gasteiger partial charge in [-0.2, -0.15) is 0 Å². The van der Waals surface area contributed by atoms with E-state index in [2.05, 4.69) is 37.5 Å². The highest BCUT2D eigenvalue weighted by molar-refractivity contribution is 5.00. The Morgan fingerprint density at radius 1 is 1.31 bits per heavy atom. The first kappa shape index (κ1) is 9.47. The molecule has 0 radical (unpaired) electrons. The molecule has 2 aliphatic rings. The highest BCUT2D eigenvalue weighted by atomic mass is 15.4. The number of piperazine rings is 1. The second kappa shape index (κ2) is 2.96. The molecule has 0 aliphatic carbocycles. The second-order valence-corrected chi connectivity index (χ2v) is 5.49. The Labute approximate surface area is 81.9 Å². The fraction of sp³-hybridized carbons (Fsp3) is 1.00. The topological polar surface area (TPSA) is 6.48 Å². The summed E-state index contributed by atoms with van der Waals surface area (Å²) in [7, 11) is 0. The monoisotopic (exact) mass is 182 g/mol. The predicted molar refractivity (Wildman–Crippen MR) is 55.9 cm³/mol. The average Bonchev–Trinajstić information content (AvgIpc) is 2.29. The Morgan fingerprint density at radius 2 is 2.00 bits per heavy atom. The van der Waals surface area contributed by atoms with Crippen molar-refractivity contribution in [2.75, 3.05) is 19.6 Å². The van der Waals surface area contributed by atoms with Crippen molar-refractivity contribution in [2.24, 2.45) is 0 Å². The lowest BCUT2D eigenvalue weighted by molar-refractivity contribution is -0.00857. The van der Waals surface area contributed by atoms with Crippen molar-refractivity contribution in [1.29, 1.82) is 0 Å². The largest absolute Gasteiger partial charge is 0.300 e. The maximum absolute atomic E-state index is 2.72. The fourth-order valence-corrected chi connectivity index (χ4v) is 3.43. The van der Waals surface area contributed by atoms with Gasteiger partial charge in [-0.25, -0.2) is 0 Å². The molecule has 2 rings (SSSR count). The summed E-state index contributed by atoms with van der Waals surface area (Å²) in [5.41, 5.74) is 0.383. The predicted octanol–water partition coefficient (Wildman–Crippen LogP) is 1.56. The van der Waals surface area contributed by atoms with Crippen molar-refractivity contribution in [3.63, 3.8) is 0 Å². The van der Waals surface area contributed by atoms with Crippen molar-refractivity contribution < 1.29 is 0 Å². The van der Waals surface area contributed by atoms with Crippen LogP contribution in [-0.2, 0) is 0 Å². The van der Waals surface area contributed by atoms with E-state index in [-0.39, 0.29) is 0 Å². The number of fused-ring (bicyclic) bond motifs is 2. The van der Waals surface area contributed by atoms with E-state index in [9.17, 15) is 0 Å². The minimum Gasteiger partial charge on any atom is -0.300 e. The van der Waals surface area contributed by atoms with E-state index in [0.29, 0.717) is 11.6 Å². The molecule has 2 unspecified atom stereocenters. The Kier molecular flexibility index (Phi) is 2.16. The summed E-state index contributed by atoms with van der Waals surface area (Å²) >= 11 is 0. The van der Waals surface area contributed by atoms with Crippen molar-refractivity contribution in [2.45, 2.75) is 51.7 Å². The van der Waals surface area contributed by atoms with Crippen molar-refractivity contribution in [3.8, 4) is 0 Å². The standard InChI is InChI=1S/C11H22N2/c1-9(2)13-10-5-6-12(7-10)8-11(13,3)4/h9-10H,5-8H2,1-4H3. The molecule has 0 amide bonds. The quantitative estimate of drug-likeness (QED) is 0.607. The summed E-state index contributed by atoms with van der Waals surface area (Å²) in [5.74, 6) is 0. The Morgan fingerprint density at radius 3 is 2.62 bits per heavy atom. The number of rotatable bonds is 1. The zero-order valence-electron chi connectivity index (χ0n) is 9.38. The van der Waals surface area contributed by atoms with Gasteiger partial charge in [0.1, 0.15) is 0 Å². The molecule has 0 N–H and O–H groups in total. The highest BCUT2D eigenvalue weighted by Gasteiger charge is 2.44. The molecule has 76 valence electrons.